The smallest absolute Gasteiger partial charge is 0.407 e. The number of nitrogens with zero attached hydrogens (tertiary/aromatic N) is 1. The van der Waals surface area contributed by atoms with Gasteiger partial charge in [0.1, 0.15) is 0 Å². The number of amides is 1. The summed E-state index contributed by atoms with van der Waals surface area (Å²) in [7, 11) is 0. The fraction of sp³-hybridized carbons (Fsp3) is 0.900. The van der Waals surface area contributed by atoms with Crippen LogP contribution in [0.4, 0.5) is 4.79 Å². The van der Waals surface area contributed by atoms with Crippen LogP contribution in [0.25, 0.3) is 0 Å². The van der Waals surface area contributed by atoms with Crippen molar-refractivity contribution < 1.29 is 9.90 Å². The average molecular weight is 198 g/mol. The molecule has 2 heterocycles. The lowest BCUT2D eigenvalue weighted by Crippen LogP contribution is -2.43. The minimum Gasteiger partial charge on any atom is -0.465 e. The lowest BCUT2D eigenvalue weighted by atomic mass is 9.89. The van der Waals surface area contributed by atoms with Crippen molar-refractivity contribution in [3.63, 3.8) is 0 Å². The third kappa shape index (κ3) is 1.85. The molecule has 14 heavy (non-hydrogen) atoms. The Morgan fingerprint density at radius 2 is 2.00 bits per heavy atom. The number of carbonyl (C=O) groups is 1. The summed E-state index contributed by atoms with van der Waals surface area (Å²) in [5.41, 5.74) is 0. The monoisotopic (exact) mass is 198 g/mol. The number of piperidine rings is 1. The van der Waals surface area contributed by atoms with E-state index in [1.165, 1.54) is 0 Å². The molecule has 2 fully saturated rings. The highest BCUT2D eigenvalue weighted by Crippen LogP contribution is 2.29. The second-order valence-electron chi connectivity index (χ2n) is 4.27. The Balaban J connectivity index is 1.97. The highest BCUT2D eigenvalue weighted by molar-refractivity contribution is 5.65. The third-order valence-corrected chi connectivity index (χ3v) is 3.47. The Morgan fingerprint density at radius 3 is 2.64 bits per heavy atom. The first-order valence-corrected chi connectivity index (χ1v) is 5.49. The first-order valence-electron chi connectivity index (χ1n) is 5.49. The van der Waals surface area contributed by atoms with Gasteiger partial charge in [0, 0.05) is 12.6 Å². The van der Waals surface area contributed by atoms with E-state index in [9.17, 15) is 4.79 Å². The number of nitrogens with one attached hydrogen (secondary N) is 1. The Hall–Kier alpha value is -0.770. The van der Waals surface area contributed by atoms with Gasteiger partial charge in [-0.05, 0) is 44.7 Å². The van der Waals surface area contributed by atoms with Gasteiger partial charge in [-0.3, -0.25) is 0 Å². The highest BCUT2D eigenvalue weighted by Gasteiger charge is 2.34. The van der Waals surface area contributed by atoms with E-state index in [0.29, 0.717) is 12.0 Å². The predicted molar refractivity (Wildman–Crippen MR) is 53.3 cm³/mol. The molecular weight excluding hydrogens is 180 g/mol. The van der Waals surface area contributed by atoms with Gasteiger partial charge in [0.15, 0.2) is 0 Å². The molecule has 0 saturated carbocycles. The van der Waals surface area contributed by atoms with Crippen molar-refractivity contribution in [2.24, 2.45) is 5.92 Å². The van der Waals surface area contributed by atoms with Gasteiger partial charge in [0.05, 0.1) is 0 Å². The minimum absolute atomic E-state index is 0.301. The molecule has 2 saturated heterocycles. The zero-order valence-corrected chi connectivity index (χ0v) is 8.41. The Bertz CT molecular complexity index is 214. The van der Waals surface area contributed by atoms with Gasteiger partial charge in [0.25, 0.3) is 0 Å². The maximum atomic E-state index is 11.0. The summed E-state index contributed by atoms with van der Waals surface area (Å²) in [4.78, 5) is 12.6. The van der Waals surface area contributed by atoms with Gasteiger partial charge in [-0.15, -0.1) is 0 Å². The van der Waals surface area contributed by atoms with Gasteiger partial charge < -0.3 is 15.3 Å². The molecule has 2 N–H and O–H groups in total. The van der Waals surface area contributed by atoms with Crippen LogP contribution >= 0.6 is 0 Å². The van der Waals surface area contributed by atoms with Crippen molar-refractivity contribution in [2.75, 3.05) is 19.6 Å². The quantitative estimate of drug-likeness (QED) is 0.664. The second kappa shape index (κ2) is 4.17. The number of hydrogen-bond acceptors (Lipinski definition) is 2. The van der Waals surface area contributed by atoms with Gasteiger partial charge in [-0.1, -0.05) is 0 Å². The summed E-state index contributed by atoms with van der Waals surface area (Å²) in [5, 5.41) is 12.3. The largest absolute Gasteiger partial charge is 0.465 e. The standard InChI is InChI=1S/C10H18N2O2/c13-10(14)12-7-1-2-9(12)8-3-5-11-6-4-8/h8-9,11H,1-7H2,(H,13,14). The molecule has 0 aromatic carbocycles. The predicted octanol–water partition coefficient (Wildman–Crippen LogP) is 1.13. The molecule has 1 amide bonds. The van der Waals surface area contributed by atoms with Crippen LogP contribution in [0.1, 0.15) is 25.7 Å². The number of hydrogen-bond donors (Lipinski definition) is 2. The van der Waals surface area contributed by atoms with E-state index in [1.807, 2.05) is 0 Å². The van der Waals surface area contributed by atoms with Gasteiger partial charge in [-0.25, -0.2) is 4.79 Å². The van der Waals surface area contributed by atoms with E-state index in [4.69, 9.17) is 5.11 Å². The highest BCUT2D eigenvalue weighted by atomic mass is 16.4. The van der Waals surface area contributed by atoms with E-state index >= 15 is 0 Å². The summed E-state index contributed by atoms with van der Waals surface area (Å²) in [5.74, 6) is 0.592. The summed E-state index contributed by atoms with van der Waals surface area (Å²) >= 11 is 0. The van der Waals surface area contributed by atoms with Crippen LogP contribution in [0, 0.1) is 5.92 Å². The minimum atomic E-state index is -0.731. The molecule has 80 valence electrons. The SMILES string of the molecule is O=C(O)N1CCCC1C1CCNCC1. The molecule has 2 aliphatic heterocycles. The van der Waals surface area contributed by atoms with E-state index in [0.717, 1.165) is 45.3 Å². The Morgan fingerprint density at radius 1 is 1.29 bits per heavy atom. The van der Waals surface area contributed by atoms with Crippen molar-refractivity contribution in [2.45, 2.75) is 31.7 Å². The Labute approximate surface area is 84.3 Å². The van der Waals surface area contributed by atoms with Crippen molar-refractivity contribution in [1.82, 2.24) is 10.2 Å². The molecule has 0 spiro atoms. The summed E-state index contributed by atoms with van der Waals surface area (Å²) < 4.78 is 0. The fourth-order valence-corrected chi connectivity index (χ4v) is 2.75. The summed E-state index contributed by atoms with van der Waals surface area (Å²) in [6.07, 6.45) is 3.65. The first-order chi connectivity index (χ1) is 6.79. The van der Waals surface area contributed by atoms with Crippen molar-refractivity contribution >= 4 is 6.09 Å². The zero-order valence-electron chi connectivity index (χ0n) is 8.41. The van der Waals surface area contributed by atoms with Crippen molar-refractivity contribution in [3.8, 4) is 0 Å². The van der Waals surface area contributed by atoms with Gasteiger partial charge in [0.2, 0.25) is 0 Å². The van der Waals surface area contributed by atoms with E-state index < -0.39 is 6.09 Å². The topological polar surface area (TPSA) is 52.6 Å². The second-order valence-corrected chi connectivity index (χ2v) is 4.27. The lowest BCUT2D eigenvalue weighted by molar-refractivity contribution is 0.117. The molecule has 0 aliphatic carbocycles. The van der Waals surface area contributed by atoms with Crippen LogP contribution in [-0.4, -0.2) is 41.8 Å². The molecule has 4 heteroatoms. The Kier molecular flexibility index (Phi) is 2.91. The zero-order chi connectivity index (χ0) is 9.97. The maximum absolute atomic E-state index is 11.0. The van der Waals surface area contributed by atoms with Crippen molar-refractivity contribution in [3.05, 3.63) is 0 Å². The number of rotatable bonds is 1. The molecule has 1 unspecified atom stereocenters. The van der Waals surface area contributed by atoms with Crippen LogP contribution < -0.4 is 5.32 Å². The molecule has 0 aromatic rings. The van der Waals surface area contributed by atoms with Crippen molar-refractivity contribution in [1.29, 1.82) is 0 Å². The number of likely N-dealkylation sites (tertiary alicyclic amines) is 1. The van der Waals surface area contributed by atoms with Crippen LogP contribution in [0.15, 0.2) is 0 Å². The maximum Gasteiger partial charge on any atom is 0.407 e. The number of carboxylic acid groups (broad SMARTS) is 1. The average Bonchev–Trinajstić information content (AvgIpc) is 2.67. The third-order valence-electron chi connectivity index (χ3n) is 3.47. The molecule has 0 radical (unpaired) electrons. The molecule has 4 nitrogen and oxygen atoms in total. The fourth-order valence-electron chi connectivity index (χ4n) is 2.75. The summed E-state index contributed by atoms with van der Waals surface area (Å²) in [6.45, 7) is 2.84. The molecule has 0 bridgehead atoms. The lowest BCUT2D eigenvalue weighted by Gasteiger charge is -2.32. The van der Waals surface area contributed by atoms with E-state index in [2.05, 4.69) is 5.32 Å². The van der Waals surface area contributed by atoms with Gasteiger partial charge in [-0.2, -0.15) is 0 Å². The van der Waals surface area contributed by atoms with Crippen LogP contribution in [-0.2, 0) is 0 Å². The summed E-state index contributed by atoms with van der Waals surface area (Å²) in [6, 6.07) is 0.301. The van der Waals surface area contributed by atoms with Crippen LogP contribution in [0.5, 0.6) is 0 Å². The normalized spacial score (nSPS) is 29.4. The molecule has 1 atom stereocenters. The molecule has 0 aromatic heterocycles. The van der Waals surface area contributed by atoms with Crippen LogP contribution in [0.3, 0.4) is 0 Å². The van der Waals surface area contributed by atoms with E-state index in [-0.39, 0.29) is 0 Å². The van der Waals surface area contributed by atoms with Gasteiger partial charge >= 0.3 is 6.09 Å². The van der Waals surface area contributed by atoms with Crippen LogP contribution in [0.2, 0.25) is 0 Å². The molecule has 2 aliphatic rings. The first kappa shape index (κ1) is 9.77. The van der Waals surface area contributed by atoms with E-state index in [1.54, 1.807) is 4.90 Å². The molecular formula is C10H18N2O2. The molecule has 2 rings (SSSR count).